The van der Waals surface area contributed by atoms with Crippen molar-refractivity contribution in [1.82, 2.24) is 20.3 Å². The van der Waals surface area contributed by atoms with Crippen molar-refractivity contribution in [2.75, 3.05) is 13.7 Å². The number of unbranched alkanes of at least 4 members (excludes halogenated alkanes) is 1. The lowest BCUT2D eigenvalue weighted by molar-refractivity contribution is -0.137. The second-order valence-electron chi connectivity index (χ2n) is 8.65. The maximum atomic E-state index is 13.0. The molecule has 0 radical (unpaired) electrons. The zero-order valence-electron chi connectivity index (χ0n) is 20.7. The van der Waals surface area contributed by atoms with Crippen LogP contribution in [0.3, 0.4) is 0 Å². The molecule has 0 atom stereocenters. The Bertz CT molecular complexity index is 1170. The molecule has 1 N–H and O–H groups in total. The zero-order chi connectivity index (χ0) is 25.3. The van der Waals surface area contributed by atoms with E-state index < -0.39 is 11.5 Å². The van der Waals surface area contributed by atoms with Gasteiger partial charge >= 0.3 is 5.97 Å². The third-order valence-electron chi connectivity index (χ3n) is 5.45. The molecule has 0 fully saturated rings. The number of aromatic nitrogens is 3. The van der Waals surface area contributed by atoms with Gasteiger partial charge in [0, 0.05) is 6.08 Å². The molecule has 0 saturated carbocycles. The number of esters is 1. The van der Waals surface area contributed by atoms with Crippen LogP contribution in [0.5, 0.6) is 5.75 Å². The summed E-state index contributed by atoms with van der Waals surface area (Å²) in [6.45, 7) is 6.18. The Morgan fingerprint density at radius 3 is 2.63 bits per heavy atom. The normalized spacial score (nSPS) is 11.4. The fraction of sp³-hybridized carbons (Fsp3) is 0.333. The summed E-state index contributed by atoms with van der Waals surface area (Å²) in [5.74, 6) is 0.0277. The molecule has 2 aromatic carbocycles. The van der Waals surface area contributed by atoms with E-state index in [1.54, 1.807) is 36.2 Å². The Morgan fingerprint density at radius 2 is 1.91 bits per heavy atom. The fourth-order valence-electron chi connectivity index (χ4n) is 3.43. The molecule has 8 heteroatoms. The van der Waals surface area contributed by atoms with Crippen molar-refractivity contribution < 1.29 is 19.1 Å². The second-order valence-corrected chi connectivity index (χ2v) is 8.65. The van der Waals surface area contributed by atoms with Crippen molar-refractivity contribution in [3.63, 3.8) is 0 Å². The van der Waals surface area contributed by atoms with Crippen molar-refractivity contribution >= 4 is 18.0 Å². The van der Waals surface area contributed by atoms with Gasteiger partial charge in [0.05, 0.1) is 37.6 Å². The molecule has 8 nitrogen and oxygen atoms in total. The summed E-state index contributed by atoms with van der Waals surface area (Å²) in [5, 5.41) is 11.5. The fourth-order valence-corrected chi connectivity index (χ4v) is 3.43. The van der Waals surface area contributed by atoms with Crippen LogP contribution in [0.15, 0.2) is 60.8 Å². The van der Waals surface area contributed by atoms with Gasteiger partial charge in [-0.25, -0.2) is 9.48 Å². The average Bonchev–Trinajstić information content (AvgIpc) is 3.35. The van der Waals surface area contributed by atoms with Crippen LogP contribution < -0.4 is 10.1 Å². The molecule has 0 aliphatic carbocycles. The third kappa shape index (κ3) is 7.27. The van der Waals surface area contributed by atoms with Gasteiger partial charge in [-0.3, -0.25) is 4.79 Å². The summed E-state index contributed by atoms with van der Waals surface area (Å²) in [4.78, 5) is 25.0. The number of carbonyl (C=O) groups excluding carboxylic acids is 2. The van der Waals surface area contributed by atoms with Crippen molar-refractivity contribution in [3.8, 4) is 11.4 Å². The van der Waals surface area contributed by atoms with Gasteiger partial charge in [-0.05, 0) is 61.7 Å². The number of hydrogen-bond donors (Lipinski definition) is 1. The number of nitrogens with zero attached hydrogens (tertiary/aromatic N) is 3. The molecule has 0 aliphatic heterocycles. The lowest BCUT2D eigenvalue weighted by Gasteiger charge is -2.24. The van der Waals surface area contributed by atoms with Gasteiger partial charge in [-0.2, -0.15) is 0 Å². The number of rotatable bonds is 11. The van der Waals surface area contributed by atoms with Crippen LogP contribution in [0.1, 0.15) is 50.4 Å². The molecule has 0 aliphatic rings. The third-order valence-corrected chi connectivity index (χ3v) is 5.45. The lowest BCUT2D eigenvalue weighted by atomic mass is 9.99. The van der Waals surface area contributed by atoms with Crippen LogP contribution in [-0.2, 0) is 26.3 Å². The zero-order valence-corrected chi connectivity index (χ0v) is 20.7. The maximum absolute atomic E-state index is 13.0. The number of nitrogens with one attached hydrogen (secondary N) is 1. The molecule has 35 heavy (non-hydrogen) atoms. The minimum Gasteiger partial charge on any atom is -0.497 e. The molecule has 0 spiro atoms. The van der Waals surface area contributed by atoms with Gasteiger partial charge in [0.1, 0.15) is 11.4 Å². The average molecular weight is 477 g/mol. The van der Waals surface area contributed by atoms with Gasteiger partial charge in [0.15, 0.2) is 0 Å². The Labute approximate surface area is 205 Å². The van der Waals surface area contributed by atoms with Crippen LogP contribution in [0, 0.1) is 0 Å². The number of para-hydroxylation sites is 1. The maximum Gasteiger partial charge on any atom is 0.330 e. The monoisotopic (exact) mass is 476 g/mol. The predicted molar refractivity (Wildman–Crippen MR) is 134 cm³/mol. The first kappa shape index (κ1) is 25.7. The largest absolute Gasteiger partial charge is 0.497 e. The highest BCUT2D eigenvalue weighted by Gasteiger charge is 2.27. The molecule has 0 bridgehead atoms. The number of amides is 1. The van der Waals surface area contributed by atoms with E-state index in [1.807, 2.05) is 57.2 Å². The summed E-state index contributed by atoms with van der Waals surface area (Å²) in [6.07, 6.45) is 6.71. The first-order valence-corrected chi connectivity index (χ1v) is 11.6. The van der Waals surface area contributed by atoms with Crippen LogP contribution in [-0.4, -0.2) is 40.6 Å². The first-order chi connectivity index (χ1) is 16.8. The van der Waals surface area contributed by atoms with Crippen LogP contribution >= 0.6 is 0 Å². The molecule has 1 amide bonds. The molecule has 3 rings (SSSR count). The van der Waals surface area contributed by atoms with E-state index in [4.69, 9.17) is 9.47 Å². The van der Waals surface area contributed by atoms with Crippen molar-refractivity contribution in [1.29, 1.82) is 0 Å². The number of methoxy groups -OCH3 is 1. The molecule has 3 aromatic rings. The van der Waals surface area contributed by atoms with Crippen LogP contribution in [0.2, 0.25) is 0 Å². The van der Waals surface area contributed by atoms with Gasteiger partial charge < -0.3 is 14.8 Å². The van der Waals surface area contributed by atoms with Gasteiger partial charge in [0.2, 0.25) is 5.91 Å². The topological polar surface area (TPSA) is 95.3 Å². The van der Waals surface area contributed by atoms with E-state index >= 15 is 0 Å². The predicted octanol–water partition coefficient (Wildman–Crippen LogP) is 4.23. The smallest absolute Gasteiger partial charge is 0.330 e. The number of benzene rings is 2. The highest BCUT2D eigenvalue weighted by molar-refractivity contribution is 5.88. The van der Waals surface area contributed by atoms with Gasteiger partial charge in [0.25, 0.3) is 0 Å². The van der Waals surface area contributed by atoms with Gasteiger partial charge in [-0.15, -0.1) is 5.10 Å². The Kier molecular flexibility index (Phi) is 8.78. The van der Waals surface area contributed by atoms with E-state index in [2.05, 4.69) is 15.6 Å². The van der Waals surface area contributed by atoms with E-state index in [9.17, 15) is 9.59 Å². The van der Waals surface area contributed by atoms with E-state index in [0.717, 1.165) is 24.1 Å². The molecular weight excluding hydrogens is 444 g/mol. The first-order valence-electron chi connectivity index (χ1n) is 11.6. The van der Waals surface area contributed by atoms with Crippen LogP contribution in [0.25, 0.3) is 11.8 Å². The quantitative estimate of drug-likeness (QED) is 0.253. The van der Waals surface area contributed by atoms with Crippen molar-refractivity contribution in [3.05, 3.63) is 77.6 Å². The Hall–Kier alpha value is -3.94. The van der Waals surface area contributed by atoms with E-state index in [0.29, 0.717) is 23.6 Å². The van der Waals surface area contributed by atoms with Crippen molar-refractivity contribution in [2.45, 2.75) is 45.6 Å². The summed E-state index contributed by atoms with van der Waals surface area (Å²) in [5.41, 5.74) is 2.25. The summed E-state index contributed by atoms with van der Waals surface area (Å²) in [6, 6.07) is 15.0. The van der Waals surface area contributed by atoms with Crippen LogP contribution in [0.4, 0.5) is 0 Å². The Morgan fingerprint density at radius 1 is 1.14 bits per heavy atom. The van der Waals surface area contributed by atoms with Crippen molar-refractivity contribution in [2.24, 2.45) is 0 Å². The SMILES string of the molecule is CCCCOC(=O)/C=C/c1cc(OC)ccc1CC(=O)NC(C)(C)c1cn(-c2ccccc2)nn1. The van der Waals surface area contributed by atoms with Gasteiger partial charge in [-0.1, -0.05) is 42.8 Å². The number of ether oxygens (including phenoxy) is 2. The standard InChI is InChI=1S/C27H32N4O4/c1-5-6-16-35-26(33)15-13-20-17-23(34-4)14-12-21(20)18-25(32)28-27(2,3)24-19-31(30-29-24)22-10-8-7-9-11-22/h7-15,17,19H,5-6,16,18H2,1-4H3,(H,28,32)/b15-13+. The second kappa shape index (κ2) is 12.0. The van der Waals surface area contributed by atoms with E-state index in [-0.39, 0.29) is 12.3 Å². The molecule has 1 aromatic heterocycles. The molecular formula is C27H32N4O4. The summed E-state index contributed by atoms with van der Waals surface area (Å²) >= 11 is 0. The van der Waals surface area contributed by atoms with E-state index in [1.165, 1.54) is 6.08 Å². The number of hydrogen-bond acceptors (Lipinski definition) is 6. The molecule has 0 unspecified atom stereocenters. The lowest BCUT2D eigenvalue weighted by Crippen LogP contribution is -2.42. The molecule has 184 valence electrons. The molecule has 0 saturated heterocycles. The summed E-state index contributed by atoms with van der Waals surface area (Å²) < 4.78 is 12.2. The highest BCUT2D eigenvalue weighted by atomic mass is 16.5. The molecule has 1 heterocycles. The Balaban J connectivity index is 1.71. The summed E-state index contributed by atoms with van der Waals surface area (Å²) in [7, 11) is 1.57. The highest BCUT2D eigenvalue weighted by Crippen LogP contribution is 2.22. The minimum absolute atomic E-state index is 0.116. The number of carbonyl (C=O) groups is 2. The minimum atomic E-state index is -0.740.